The lowest BCUT2D eigenvalue weighted by Gasteiger charge is -2.06. The molecule has 2 aromatic heterocycles. The van der Waals surface area contributed by atoms with Crippen LogP contribution in [0.3, 0.4) is 0 Å². The first-order valence-corrected chi connectivity index (χ1v) is 9.50. The van der Waals surface area contributed by atoms with Crippen LogP contribution in [0.25, 0.3) is 42.9 Å². The van der Waals surface area contributed by atoms with Crippen LogP contribution in [-0.4, -0.2) is 9.97 Å². The third kappa shape index (κ3) is 2.48. The zero-order valence-electron chi connectivity index (χ0n) is 13.7. The molecule has 26 heavy (non-hydrogen) atoms. The van der Waals surface area contributed by atoms with E-state index in [2.05, 4.69) is 18.2 Å². The molecular weight excluding hydrogens is 360 g/mol. The van der Waals surface area contributed by atoms with Crippen LogP contribution in [0, 0.1) is 0 Å². The summed E-state index contributed by atoms with van der Waals surface area (Å²) in [5.41, 5.74) is 4.00. The Morgan fingerprint density at radius 1 is 0.654 bits per heavy atom. The van der Waals surface area contributed by atoms with Crippen LogP contribution in [0.2, 0.25) is 5.02 Å². The minimum absolute atomic E-state index is 0.733. The third-order valence-corrected chi connectivity index (χ3v) is 6.03. The SMILES string of the molecule is Clc1cccc2c1sc1c(-c3ccccc3)nc(-c3ccccc3)nc12. The Bertz CT molecular complexity index is 1230. The van der Waals surface area contributed by atoms with Crippen LogP contribution >= 0.6 is 22.9 Å². The molecule has 0 unspecified atom stereocenters. The summed E-state index contributed by atoms with van der Waals surface area (Å²) < 4.78 is 2.12. The van der Waals surface area contributed by atoms with Gasteiger partial charge in [-0.05, 0) is 6.07 Å². The van der Waals surface area contributed by atoms with E-state index in [-0.39, 0.29) is 0 Å². The van der Waals surface area contributed by atoms with Crippen molar-refractivity contribution in [2.24, 2.45) is 0 Å². The molecule has 0 bridgehead atoms. The molecule has 0 aliphatic carbocycles. The molecule has 3 aromatic carbocycles. The van der Waals surface area contributed by atoms with E-state index < -0.39 is 0 Å². The van der Waals surface area contributed by atoms with E-state index >= 15 is 0 Å². The summed E-state index contributed by atoms with van der Waals surface area (Å²) in [4.78, 5) is 9.82. The number of benzene rings is 3. The van der Waals surface area contributed by atoms with E-state index in [9.17, 15) is 0 Å². The van der Waals surface area contributed by atoms with Crippen LogP contribution in [0.4, 0.5) is 0 Å². The highest BCUT2D eigenvalue weighted by Gasteiger charge is 2.17. The molecule has 0 atom stereocenters. The Kier molecular flexibility index (Phi) is 3.70. The van der Waals surface area contributed by atoms with Gasteiger partial charge in [0.15, 0.2) is 5.82 Å². The molecule has 2 heterocycles. The average molecular weight is 373 g/mol. The fourth-order valence-corrected chi connectivity index (χ4v) is 4.59. The molecule has 0 radical (unpaired) electrons. The molecule has 0 aliphatic heterocycles. The van der Waals surface area contributed by atoms with Gasteiger partial charge < -0.3 is 0 Å². The van der Waals surface area contributed by atoms with Crippen molar-refractivity contribution in [1.82, 2.24) is 9.97 Å². The second-order valence-corrected chi connectivity index (χ2v) is 7.45. The van der Waals surface area contributed by atoms with Crippen molar-refractivity contribution in [3.8, 4) is 22.6 Å². The normalized spacial score (nSPS) is 11.3. The molecule has 5 aromatic rings. The van der Waals surface area contributed by atoms with E-state index in [4.69, 9.17) is 21.6 Å². The lowest BCUT2D eigenvalue weighted by molar-refractivity contribution is 1.24. The highest BCUT2D eigenvalue weighted by molar-refractivity contribution is 7.26. The number of halogens is 1. The summed E-state index contributed by atoms with van der Waals surface area (Å²) >= 11 is 8.10. The Labute approximate surface area is 159 Å². The second kappa shape index (κ2) is 6.20. The fourth-order valence-electron chi connectivity index (χ4n) is 3.14. The van der Waals surface area contributed by atoms with Gasteiger partial charge in [-0.3, -0.25) is 0 Å². The largest absolute Gasteiger partial charge is 0.226 e. The van der Waals surface area contributed by atoms with Gasteiger partial charge in [-0.2, -0.15) is 0 Å². The number of thiophene rings is 1. The van der Waals surface area contributed by atoms with Crippen LogP contribution in [0.1, 0.15) is 0 Å². The molecule has 0 aliphatic rings. The van der Waals surface area contributed by atoms with E-state index in [0.29, 0.717) is 0 Å². The van der Waals surface area contributed by atoms with Crippen molar-refractivity contribution in [1.29, 1.82) is 0 Å². The first-order valence-electron chi connectivity index (χ1n) is 8.31. The molecule has 0 saturated carbocycles. The van der Waals surface area contributed by atoms with Gasteiger partial charge in [0.1, 0.15) is 0 Å². The van der Waals surface area contributed by atoms with Gasteiger partial charge in [0.25, 0.3) is 0 Å². The van der Waals surface area contributed by atoms with E-state index in [1.807, 2.05) is 60.7 Å². The number of fused-ring (bicyclic) bond motifs is 3. The van der Waals surface area contributed by atoms with E-state index in [0.717, 1.165) is 48.0 Å². The number of rotatable bonds is 2. The number of hydrogen-bond acceptors (Lipinski definition) is 3. The van der Waals surface area contributed by atoms with E-state index in [1.54, 1.807) is 11.3 Å². The predicted octanol–water partition coefficient (Wildman–Crippen LogP) is 6.83. The molecule has 0 spiro atoms. The topological polar surface area (TPSA) is 25.8 Å². The molecule has 124 valence electrons. The first kappa shape index (κ1) is 15.5. The molecule has 2 nitrogen and oxygen atoms in total. The average Bonchev–Trinajstić information content (AvgIpc) is 3.09. The monoisotopic (exact) mass is 372 g/mol. The van der Waals surface area contributed by atoms with Crippen LogP contribution in [-0.2, 0) is 0 Å². The minimum Gasteiger partial charge on any atom is -0.226 e. The van der Waals surface area contributed by atoms with Gasteiger partial charge in [0.05, 0.1) is 25.6 Å². The Hall–Kier alpha value is -2.75. The zero-order valence-corrected chi connectivity index (χ0v) is 15.3. The van der Waals surface area contributed by atoms with Gasteiger partial charge >= 0.3 is 0 Å². The van der Waals surface area contributed by atoms with Crippen molar-refractivity contribution in [2.75, 3.05) is 0 Å². The lowest BCUT2D eigenvalue weighted by Crippen LogP contribution is -1.93. The smallest absolute Gasteiger partial charge is 0.160 e. The summed E-state index contributed by atoms with van der Waals surface area (Å²) in [7, 11) is 0. The Balaban J connectivity index is 1.92. The van der Waals surface area contributed by atoms with Gasteiger partial charge in [-0.1, -0.05) is 84.4 Å². The second-order valence-electron chi connectivity index (χ2n) is 6.02. The maximum Gasteiger partial charge on any atom is 0.160 e. The first-order chi connectivity index (χ1) is 12.8. The third-order valence-electron chi connectivity index (χ3n) is 4.37. The number of aromatic nitrogens is 2. The lowest BCUT2D eigenvalue weighted by atomic mass is 10.1. The summed E-state index contributed by atoms with van der Waals surface area (Å²) in [5.74, 6) is 0.733. The molecule has 0 N–H and O–H groups in total. The summed E-state index contributed by atoms with van der Waals surface area (Å²) in [6.07, 6.45) is 0. The molecule has 4 heteroatoms. The summed E-state index contributed by atoms with van der Waals surface area (Å²) in [5, 5.41) is 1.83. The number of hydrogen-bond donors (Lipinski definition) is 0. The summed E-state index contributed by atoms with van der Waals surface area (Å²) in [6, 6.07) is 26.3. The molecule has 5 rings (SSSR count). The van der Waals surface area contributed by atoms with Crippen molar-refractivity contribution in [3.63, 3.8) is 0 Å². The Morgan fingerprint density at radius 2 is 1.35 bits per heavy atom. The zero-order chi connectivity index (χ0) is 17.5. The highest BCUT2D eigenvalue weighted by atomic mass is 35.5. The molecule has 0 fully saturated rings. The molecule has 0 amide bonds. The van der Waals surface area contributed by atoms with Crippen molar-refractivity contribution < 1.29 is 0 Å². The standard InChI is InChI=1S/C22H13ClN2S/c23-17-13-7-12-16-19-21(26-20(16)17)18(14-8-3-1-4-9-14)24-22(25-19)15-10-5-2-6-11-15/h1-13H. The van der Waals surface area contributed by atoms with Gasteiger partial charge in [-0.15, -0.1) is 11.3 Å². The quantitative estimate of drug-likeness (QED) is 0.339. The maximum absolute atomic E-state index is 6.45. The van der Waals surface area contributed by atoms with Crippen molar-refractivity contribution in [3.05, 3.63) is 83.9 Å². The number of nitrogens with zero attached hydrogens (tertiary/aromatic N) is 2. The van der Waals surface area contributed by atoms with Crippen LogP contribution in [0.5, 0.6) is 0 Å². The maximum atomic E-state index is 6.45. The van der Waals surface area contributed by atoms with Crippen molar-refractivity contribution in [2.45, 2.75) is 0 Å². The van der Waals surface area contributed by atoms with Crippen LogP contribution in [0.15, 0.2) is 78.9 Å². The minimum atomic E-state index is 0.733. The summed E-state index contributed by atoms with van der Waals surface area (Å²) in [6.45, 7) is 0. The highest BCUT2D eigenvalue weighted by Crippen LogP contribution is 2.41. The molecule has 0 saturated heterocycles. The van der Waals surface area contributed by atoms with Crippen LogP contribution < -0.4 is 0 Å². The predicted molar refractivity (Wildman–Crippen MR) is 111 cm³/mol. The van der Waals surface area contributed by atoms with E-state index in [1.165, 1.54) is 0 Å². The van der Waals surface area contributed by atoms with Gasteiger partial charge in [-0.25, -0.2) is 9.97 Å². The van der Waals surface area contributed by atoms with Gasteiger partial charge in [0.2, 0.25) is 0 Å². The Morgan fingerprint density at radius 3 is 2.08 bits per heavy atom. The molecular formula is C22H13ClN2S. The fraction of sp³-hybridized carbons (Fsp3) is 0. The van der Waals surface area contributed by atoms with Crippen molar-refractivity contribution >= 4 is 43.2 Å². The van der Waals surface area contributed by atoms with Gasteiger partial charge in [0, 0.05) is 16.5 Å².